The quantitative estimate of drug-likeness (QED) is 0.664. The van der Waals surface area contributed by atoms with Crippen molar-refractivity contribution in [2.45, 2.75) is 40.5 Å². The second kappa shape index (κ2) is 5.05. The lowest BCUT2D eigenvalue weighted by Crippen LogP contribution is -2.11. The molecule has 0 unspecified atom stereocenters. The van der Waals surface area contributed by atoms with Crippen LogP contribution in [-0.2, 0) is 6.42 Å². The Kier molecular flexibility index (Phi) is 4.21. The maximum Gasteiger partial charge on any atom is 0.0444 e. The smallest absolute Gasteiger partial charge is 0.0444 e. The van der Waals surface area contributed by atoms with Crippen molar-refractivity contribution in [3.8, 4) is 0 Å². The first-order chi connectivity index (χ1) is 7.35. The molecule has 0 nitrogen and oxygen atoms in total. The molecule has 0 amide bonds. The molecule has 0 aromatic heterocycles. The molecule has 0 radical (unpaired) electrons. The summed E-state index contributed by atoms with van der Waals surface area (Å²) in [6.45, 7) is 12.9. The molecular weight excluding hydrogens is 216 g/mol. The van der Waals surface area contributed by atoms with Crippen LogP contribution in [-0.4, -0.2) is 0 Å². The molecule has 0 aliphatic carbocycles. The predicted molar refractivity (Wildman–Crippen MR) is 73.9 cm³/mol. The Bertz CT molecular complexity index is 383. The fourth-order valence-electron chi connectivity index (χ4n) is 1.79. The maximum atomic E-state index is 6.30. The Hall–Kier alpha value is -0.750. The first kappa shape index (κ1) is 13.3. The Labute approximate surface area is 104 Å². The number of rotatable bonds is 3. The highest BCUT2D eigenvalue weighted by molar-refractivity contribution is 6.31. The largest absolute Gasteiger partial charge is 0.0952 e. The molecule has 0 aliphatic rings. The average molecular weight is 237 g/mol. The topological polar surface area (TPSA) is 0 Å². The first-order valence-electron chi connectivity index (χ1n) is 5.80. The standard InChI is InChI=1S/C15H21Cl/c1-6-11(2)12-8-7-9-14(16)13(12)10-15(3,4)5/h7-9H,2,6,10H2,1,3-5H3. The van der Waals surface area contributed by atoms with Crippen molar-refractivity contribution in [3.63, 3.8) is 0 Å². The van der Waals surface area contributed by atoms with Gasteiger partial charge in [-0.15, -0.1) is 0 Å². The van der Waals surface area contributed by atoms with E-state index >= 15 is 0 Å². The summed E-state index contributed by atoms with van der Waals surface area (Å²) in [5.41, 5.74) is 3.88. The molecule has 0 atom stereocenters. The number of halogens is 1. The van der Waals surface area contributed by atoms with E-state index in [9.17, 15) is 0 Å². The monoisotopic (exact) mass is 236 g/mol. The van der Waals surface area contributed by atoms with E-state index in [1.165, 1.54) is 16.7 Å². The molecule has 1 aromatic rings. The Morgan fingerprint density at radius 3 is 2.44 bits per heavy atom. The third-order valence-corrected chi connectivity index (χ3v) is 2.99. The summed E-state index contributed by atoms with van der Waals surface area (Å²) >= 11 is 6.30. The number of hydrogen-bond donors (Lipinski definition) is 0. The van der Waals surface area contributed by atoms with Gasteiger partial charge >= 0.3 is 0 Å². The van der Waals surface area contributed by atoms with E-state index in [1.807, 2.05) is 12.1 Å². The zero-order valence-electron chi connectivity index (χ0n) is 10.7. The summed E-state index contributed by atoms with van der Waals surface area (Å²) in [6, 6.07) is 6.10. The van der Waals surface area contributed by atoms with Gasteiger partial charge in [0.1, 0.15) is 0 Å². The number of allylic oxidation sites excluding steroid dienone is 1. The van der Waals surface area contributed by atoms with Gasteiger partial charge in [-0.05, 0) is 41.0 Å². The van der Waals surface area contributed by atoms with Crippen LogP contribution in [0.2, 0.25) is 5.02 Å². The van der Waals surface area contributed by atoms with Gasteiger partial charge in [0.05, 0.1) is 0 Å². The van der Waals surface area contributed by atoms with Gasteiger partial charge in [0.2, 0.25) is 0 Å². The van der Waals surface area contributed by atoms with Crippen LogP contribution in [0.15, 0.2) is 24.8 Å². The first-order valence-corrected chi connectivity index (χ1v) is 6.18. The Morgan fingerprint density at radius 2 is 1.94 bits per heavy atom. The second-order valence-corrected chi connectivity index (χ2v) is 5.87. The molecule has 88 valence electrons. The Morgan fingerprint density at radius 1 is 1.31 bits per heavy atom. The van der Waals surface area contributed by atoms with Crippen LogP contribution < -0.4 is 0 Å². The zero-order chi connectivity index (χ0) is 12.3. The van der Waals surface area contributed by atoms with E-state index in [4.69, 9.17) is 11.6 Å². The molecule has 0 fully saturated rings. The Balaban J connectivity index is 3.19. The minimum Gasteiger partial charge on any atom is -0.0952 e. The van der Waals surface area contributed by atoms with Gasteiger partial charge in [0.25, 0.3) is 0 Å². The normalized spacial score (nSPS) is 11.6. The molecule has 0 saturated heterocycles. The van der Waals surface area contributed by atoms with Gasteiger partial charge in [0.15, 0.2) is 0 Å². The fraction of sp³-hybridized carbons (Fsp3) is 0.467. The number of benzene rings is 1. The molecule has 0 spiro atoms. The van der Waals surface area contributed by atoms with E-state index in [0.29, 0.717) is 0 Å². The van der Waals surface area contributed by atoms with E-state index < -0.39 is 0 Å². The number of hydrogen-bond acceptors (Lipinski definition) is 0. The lowest BCUT2D eigenvalue weighted by Gasteiger charge is -2.22. The van der Waals surface area contributed by atoms with Crippen LogP contribution in [0.3, 0.4) is 0 Å². The van der Waals surface area contributed by atoms with E-state index in [-0.39, 0.29) is 5.41 Å². The molecule has 0 saturated carbocycles. The van der Waals surface area contributed by atoms with Crippen molar-refractivity contribution in [2.24, 2.45) is 5.41 Å². The van der Waals surface area contributed by atoms with Crippen LogP contribution >= 0.6 is 11.6 Å². The molecule has 0 aliphatic heterocycles. The van der Waals surface area contributed by atoms with Gasteiger partial charge in [0, 0.05) is 5.02 Å². The van der Waals surface area contributed by atoms with Gasteiger partial charge < -0.3 is 0 Å². The van der Waals surface area contributed by atoms with Crippen molar-refractivity contribution in [2.75, 3.05) is 0 Å². The zero-order valence-corrected chi connectivity index (χ0v) is 11.5. The van der Waals surface area contributed by atoms with Gasteiger partial charge in [-0.3, -0.25) is 0 Å². The molecule has 1 rings (SSSR count). The average Bonchev–Trinajstić information content (AvgIpc) is 2.18. The maximum absolute atomic E-state index is 6.30. The van der Waals surface area contributed by atoms with Crippen molar-refractivity contribution < 1.29 is 0 Å². The van der Waals surface area contributed by atoms with Crippen LogP contribution in [0.25, 0.3) is 5.57 Å². The third kappa shape index (κ3) is 3.38. The highest BCUT2D eigenvalue weighted by Gasteiger charge is 2.17. The SMILES string of the molecule is C=C(CC)c1cccc(Cl)c1CC(C)(C)C. The van der Waals surface area contributed by atoms with Crippen LogP contribution in [0, 0.1) is 5.41 Å². The summed E-state index contributed by atoms with van der Waals surface area (Å²) in [7, 11) is 0. The molecule has 0 heterocycles. The lowest BCUT2D eigenvalue weighted by molar-refractivity contribution is 0.411. The predicted octanol–water partition coefficient (Wildman–Crippen LogP) is 5.35. The van der Waals surface area contributed by atoms with Gasteiger partial charge in [-0.1, -0.05) is 58.0 Å². The molecule has 0 N–H and O–H groups in total. The fourth-order valence-corrected chi connectivity index (χ4v) is 2.03. The van der Waals surface area contributed by atoms with Crippen molar-refractivity contribution in [1.29, 1.82) is 0 Å². The van der Waals surface area contributed by atoms with E-state index in [1.54, 1.807) is 0 Å². The van der Waals surface area contributed by atoms with Crippen molar-refractivity contribution in [3.05, 3.63) is 40.9 Å². The van der Waals surface area contributed by atoms with E-state index in [0.717, 1.165) is 17.9 Å². The van der Waals surface area contributed by atoms with E-state index in [2.05, 4.69) is 40.3 Å². The summed E-state index contributed by atoms with van der Waals surface area (Å²) in [4.78, 5) is 0. The summed E-state index contributed by atoms with van der Waals surface area (Å²) in [5, 5.41) is 0.863. The van der Waals surface area contributed by atoms with Crippen LogP contribution in [0.5, 0.6) is 0 Å². The minimum atomic E-state index is 0.244. The van der Waals surface area contributed by atoms with Crippen molar-refractivity contribution in [1.82, 2.24) is 0 Å². The minimum absolute atomic E-state index is 0.244. The van der Waals surface area contributed by atoms with Gasteiger partial charge in [-0.25, -0.2) is 0 Å². The van der Waals surface area contributed by atoms with Crippen LogP contribution in [0.4, 0.5) is 0 Å². The van der Waals surface area contributed by atoms with Crippen LogP contribution in [0.1, 0.15) is 45.2 Å². The van der Waals surface area contributed by atoms with Crippen molar-refractivity contribution >= 4 is 17.2 Å². The highest BCUT2D eigenvalue weighted by Crippen LogP contribution is 2.32. The summed E-state index contributed by atoms with van der Waals surface area (Å²) in [5.74, 6) is 0. The molecule has 1 aromatic carbocycles. The summed E-state index contributed by atoms with van der Waals surface area (Å²) < 4.78 is 0. The highest BCUT2D eigenvalue weighted by atomic mass is 35.5. The molecule has 0 bridgehead atoms. The third-order valence-electron chi connectivity index (χ3n) is 2.63. The summed E-state index contributed by atoms with van der Waals surface area (Å²) in [6.07, 6.45) is 1.96. The molecular formula is C15H21Cl. The van der Waals surface area contributed by atoms with Gasteiger partial charge in [-0.2, -0.15) is 0 Å². The lowest BCUT2D eigenvalue weighted by atomic mass is 9.84. The second-order valence-electron chi connectivity index (χ2n) is 5.46. The molecule has 16 heavy (non-hydrogen) atoms. The molecule has 1 heteroatoms.